The Morgan fingerprint density at radius 1 is 0.976 bits per heavy atom. The molecule has 0 bridgehead atoms. The molecule has 0 aliphatic carbocycles. The molecule has 2 aromatic carbocycles. The molecule has 0 spiro atoms. The maximum absolute atomic E-state index is 12.9. The summed E-state index contributed by atoms with van der Waals surface area (Å²) in [5.74, 6) is -1.45. The highest BCUT2D eigenvalue weighted by Crippen LogP contribution is 2.28. The van der Waals surface area contributed by atoms with Crippen molar-refractivity contribution in [2.75, 3.05) is 14.2 Å². The van der Waals surface area contributed by atoms with E-state index in [9.17, 15) is 24.3 Å². The van der Waals surface area contributed by atoms with E-state index < -0.39 is 34.8 Å². The Bertz CT molecular complexity index is 1460. The standard InChI is InChI=1S/C31H37N3O7/c1-19(35)26(36)23-12-10-9-11-22(23)21-15-13-20(14-16-21)17-34-24(18-33(7)29(38)41-30(2,3)4)32-27(31(5,6)39)25(34)28(37)40-8/h9-16,39H,17-18H2,1-8H3. The second-order valence-corrected chi connectivity index (χ2v) is 11.3. The molecule has 1 aromatic heterocycles. The summed E-state index contributed by atoms with van der Waals surface area (Å²) in [6.45, 7) is 9.72. The van der Waals surface area contributed by atoms with Crippen LogP contribution in [-0.2, 0) is 33.0 Å². The quantitative estimate of drug-likeness (QED) is 0.224. The van der Waals surface area contributed by atoms with Crippen molar-refractivity contribution >= 4 is 23.6 Å². The zero-order valence-corrected chi connectivity index (χ0v) is 24.8. The van der Waals surface area contributed by atoms with Gasteiger partial charge in [0.25, 0.3) is 0 Å². The van der Waals surface area contributed by atoms with E-state index in [-0.39, 0.29) is 24.5 Å². The van der Waals surface area contributed by atoms with Gasteiger partial charge in [-0.15, -0.1) is 0 Å². The van der Waals surface area contributed by atoms with Crippen LogP contribution >= 0.6 is 0 Å². The van der Waals surface area contributed by atoms with E-state index in [0.29, 0.717) is 17.0 Å². The van der Waals surface area contributed by atoms with E-state index in [2.05, 4.69) is 4.98 Å². The molecule has 1 heterocycles. The summed E-state index contributed by atoms with van der Waals surface area (Å²) in [5.41, 5.74) is 0.448. The highest BCUT2D eigenvalue weighted by molar-refractivity contribution is 6.44. The van der Waals surface area contributed by atoms with E-state index in [0.717, 1.165) is 11.1 Å². The predicted molar refractivity (Wildman–Crippen MR) is 153 cm³/mol. The molecular weight excluding hydrogens is 526 g/mol. The van der Waals surface area contributed by atoms with Crippen LogP contribution in [0.2, 0.25) is 0 Å². The third-order valence-electron chi connectivity index (χ3n) is 6.19. The van der Waals surface area contributed by atoms with Gasteiger partial charge >= 0.3 is 12.1 Å². The average Bonchev–Trinajstić information content (AvgIpc) is 3.25. The lowest BCUT2D eigenvalue weighted by atomic mass is 9.95. The molecule has 3 aromatic rings. The van der Waals surface area contributed by atoms with Gasteiger partial charge in [0.2, 0.25) is 5.78 Å². The fourth-order valence-corrected chi connectivity index (χ4v) is 4.23. The molecule has 41 heavy (non-hydrogen) atoms. The minimum Gasteiger partial charge on any atom is -0.464 e. The van der Waals surface area contributed by atoms with Crippen molar-refractivity contribution in [2.24, 2.45) is 0 Å². The van der Waals surface area contributed by atoms with E-state index in [1.54, 1.807) is 56.7 Å². The molecule has 0 fully saturated rings. The fourth-order valence-electron chi connectivity index (χ4n) is 4.23. The first-order valence-electron chi connectivity index (χ1n) is 13.1. The first-order valence-corrected chi connectivity index (χ1v) is 13.1. The third-order valence-corrected chi connectivity index (χ3v) is 6.19. The number of nitrogens with zero attached hydrogens (tertiary/aromatic N) is 3. The van der Waals surface area contributed by atoms with Crippen molar-refractivity contribution in [3.8, 4) is 11.1 Å². The molecule has 0 saturated heterocycles. The molecule has 0 atom stereocenters. The van der Waals surface area contributed by atoms with Crippen molar-refractivity contribution in [2.45, 2.75) is 65.8 Å². The van der Waals surface area contributed by atoms with Crippen LogP contribution in [0.25, 0.3) is 11.1 Å². The number of hydrogen-bond acceptors (Lipinski definition) is 8. The summed E-state index contributed by atoms with van der Waals surface area (Å²) in [5, 5.41) is 10.8. The second-order valence-electron chi connectivity index (χ2n) is 11.3. The molecule has 0 saturated carbocycles. The number of esters is 1. The van der Waals surface area contributed by atoms with Crippen LogP contribution in [-0.4, -0.2) is 62.9 Å². The zero-order chi connectivity index (χ0) is 30.7. The Labute approximate surface area is 239 Å². The number of amides is 1. The van der Waals surface area contributed by atoms with Crippen molar-refractivity contribution in [1.82, 2.24) is 14.5 Å². The number of ketones is 2. The first-order chi connectivity index (χ1) is 19.0. The lowest BCUT2D eigenvalue weighted by molar-refractivity contribution is -0.113. The van der Waals surface area contributed by atoms with Crippen molar-refractivity contribution in [1.29, 1.82) is 0 Å². The van der Waals surface area contributed by atoms with Gasteiger partial charge in [-0.05, 0) is 51.3 Å². The number of ether oxygens (including phenoxy) is 2. The molecule has 1 amide bonds. The first kappa shape index (κ1) is 31.2. The van der Waals surface area contributed by atoms with E-state index in [1.165, 1.54) is 32.8 Å². The van der Waals surface area contributed by atoms with Crippen molar-refractivity contribution < 1.29 is 33.8 Å². The molecule has 0 radical (unpaired) electrons. The maximum atomic E-state index is 12.9. The number of aliphatic hydroxyl groups is 1. The van der Waals surface area contributed by atoms with Crippen LogP contribution in [0.3, 0.4) is 0 Å². The van der Waals surface area contributed by atoms with Gasteiger partial charge in [0.05, 0.1) is 13.7 Å². The number of aromatic nitrogens is 2. The summed E-state index contributed by atoms with van der Waals surface area (Å²) in [7, 11) is 2.80. The molecule has 218 valence electrons. The number of hydrogen-bond donors (Lipinski definition) is 1. The SMILES string of the molecule is COC(=O)c1c(C(C)(C)O)nc(CN(C)C(=O)OC(C)(C)C)n1Cc1ccc(-c2ccccc2C(=O)C(C)=O)cc1. The molecule has 3 rings (SSSR count). The summed E-state index contributed by atoms with van der Waals surface area (Å²) in [6, 6.07) is 14.2. The lowest BCUT2D eigenvalue weighted by Crippen LogP contribution is -2.34. The molecule has 1 N–H and O–H groups in total. The Hall–Kier alpha value is -4.31. The number of rotatable bonds is 9. The van der Waals surface area contributed by atoms with Crippen molar-refractivity contribution in [3.63, 3.8) is 0 Å². The third kappa shape index (κ3) is 7.46. The molecular formula is C31H37N3O7. The summed E-state index contributed by atoms with van der Waals surface area (Å²) in [6.07, 6.45) is -0.570. The number of imidazole rings is 1. The zero-order valence-electron chi connectivity index (χ0n) is 24.8. The normalized spacial score (nSPS) is 11.6. The fraction of sp³-hybridized carbons (Fsp3) is 0.387. The number of carbonyl (C=O) groups is 4. The van der Waals surface area contributed by atoms with Gasteiger partial charge in [0, 0.05) is 26.1 Å². The maximum Gasteiger partial charge on any atom is 0.410 e. The van der Waals surface area contributed by atoms with Crippen LogP contribution in [0.1, 0.15) is 79.5 Å². The van der Waals surface area contributed by atoms with Gasteiger partial charge < -0.3 is 24.0 Å². The number of carbonyl (C=O) groups excluding carboxylic acids is 4. The largest absolute Gasteiger partial charge is 0.464 e. The predicted octanol–water partition coefficient (Wildman–Crippen LogP) is 4.75. The van der Waals surface area contributed by atoms with E-state index in [4.69, 9.17) is 9.47 Å². The van der Waals surface area contributed by atoms with Crippen LogP contribution < -0.4 is 0 Å². The second kappa shape index (κ2) is 12.1. The van der Waals surface area contributed by atoms with Gasteiger partial charge in [-0.25, -0.2) is 14.6 Å². The van der Waals surface area contributed by atoms with Gasteiger partial charge in [0.1, 0.15) is 22.7 Å². The minimum absolute atomic E-state index is 0.00634. The topological polar surface area (TPSA) is 128 Å². The van der Waals surface area contributed by atoms with Crippen LogP contribution in [0.5, 0.6) is 0 Å². The minimum atomic E-state index is -1.48. The highest BCUT2D eigenvalue weighted by atomic mass is 16.6. The van der Waals surface area contributed by atoms with E-state index in [1.807, 2.05) is 24.3 Å². The smallest absolute Gasteiger partial charge is 0.410 e. The number of Topliss-reactive ketones (excluding diaryl/α,β-unsaturated/α-hetero) is 2. The molecule has 10 nitrogen and oxygen atoms in total. The monoisotopic (exact) mass is 563 g/mol. The van der Waals surface area contributed by atoms with E-state index >= 15 is 0 Å². The highest BCUT2D eigenvalue weighted by Gasteiger charge is 2.33. The molecule has 10 heteroatoms. The van der Waals surface area contributed by atoms with Gasteiger partial charge in [0.15, 0.2) is 11.5 Å². The van der Waals surface area contributed by atoms with Crippen LogP contribution in [0.4, 0.5) is 4.79 Å². The summed E-state index contributed by atoms with van der Waals surface area (Å²) < 4.78 is 12.1. The van der Waals surface area contributed by atoms with Crippen molar-refractivity contribution in [3.05, 3.63) is 76.9 Å². The Balaban J connectivity index is 2.05. The van der Waals surface area contributed by atoms with Gasteiger partial charge in [-0.1, -0.05) is 48.5 Å². The number of benzene rings is 2. The average molecular weight is 564 g/mol. The molecule has 0 aliphatic heterocycles. The lowest BCUT2D eigenvalue weighted by Gasteiger charge is -2.24. The number of methoxy groups -OCH3 is 1. The van der Waals surface area contributed by atoms with Crippen LogP contribution in [0.15, 0.2) is 48.5 Å². The summed E-state index contributed by atoms with van der Waals surface area (Å²) in [4.78, 5) is 55.7. The Morgan fingerprint density at radius 3 is 2.12 bits per heavy atom. The van der Waals surface area contributed by atoms with Gasteiger partial charge in [-0.3, -0.25) is 9.59 Å². The molecule has 0 unspecified atom stereocenters. The summed E-state index contributed by atoms with van der Waals surface area (Å²) >= 11 is 0. The Kier molecular flexibility index (Phi) is 9.18. The molecule has 0 aliphatic rings. The van der Waals surface area contributed by atoms with Gasteiger partial charge in [-0.2, -0.15) is 0 Å². The Morgan fingerprint density at radius 2 is 1.59 bits per heavy atom. The van der Waals surface area contributed by atoms with Crippen LogP contribution in [0, 0.1) is 0 Å².